The highest BCUT2D eigenvalue weighted by Gasteiger charge is 2.30. The van der Waals surface area contributed by atoms with Gasteiger partial charge in [-0.3, -0.25) is 14.0 Å². The first-order valence-corrected chi connectivity index (χ1v) is 14.7. The molecule has 11 nitrogen and oxygen atoms in total. The van der Waals surface area contributed by atoms with Crippen LogP contribution in [0.1, 0.15) is 19.4 Å². The van der Waals surface area contributed by atoms with E-state index in [9.17, 15) is 26.9 Å². The molecule has 0 aliphatic rings. The molecule has 43 heavy (non-hydrogen) atoms. The van der Waals surface area contributed by atoms with E-state index in [0.717, 1.165) is 18.2 Å². The van der Waals surface area contributed by atoms with Crippen molar-refractivity contribution < 1.29 is 36.0 Å². The van der Waals surface area contributed by atoms with Crippen molar-refractivity contribution in [1.29, 1.82) is 0 Å². The van der Waals surface area contributed by atoms with Crippen molar-refractivity contribution in [3.8, 4) is 11.1 Å². The summed E-state index contributed by atoms with van der Waals surface area (Å²) in [4.78, 5) is 21.3. The van der Waals surface area contributed by atoms with Crippen LogP contribution in [-0.4, -0.2) is 45.0 Å². The number of alkyl halides is 3. The first kappa shape index (κ1) is 31.6. The molecule has 4 rings (SSSR count). The number of nitrogens with one attached hydrogen (secondary N) is 3. The van der Waals surface area contributed by atoms with Gasteiger partial charge in [-0.1, -0.05) is 12.1 Å². The number of carbonyl (C=O) groups is 1. The van der Waals surface area contributed by atoms with E-state index < -0.39 is 37.2 Å². The summed E-state index contributed by atoms with van der Waals surface area (Å²) in [5.41, 5.74) is 0.365. The highest BCUT2D eigenvalue weighted by Crippen LogP contribution is 2.47. The number of amides is 1. The zero-order valence-corrected chi connectivity index (χ0v) is 24.2. The lowest BCUT2D eigenvalue weighted by Gasteiger charge is -2.17. The Morgan fingerprint density at radius 2 is 1.70 bits per heavy atom. The van der Waals surface area contributed by atoms with Crippen molar-refractivity contribution in [3.63, 3.8) is 0 Å². The molecule has 0 atom stereocenters. The van der Waals surface area contributed by atoms with Crippen LogP contribution in [0.4, 0.5) is 46.4 Å². The Bertz CT molecular complexity index is 1620. The average Bonchev–Trinajstić information content (AvgIpc) is 3.34. The second-order valence-electron chi connectivity index (χ2n) is 9.03. The molecular weight excluding hydrogens is 593 g/mol. The average molecular weight is 622 g/mol. The summed E-state index contributed by atoms with van der Waals surface area (Å²) in [6.45, 7) is 3.39. The van der Waals surface area contributed by atoms with E-state index in [1.165, 1.54) is 36.7 Å². The van der Waals surface area contributed by atoms with Gasteiger partial charge in [0.25, 0.3) is 0 Å². The highest BCUT2D eigenvalue weighted by atomic mass is 31.2. The standard InChI is InChI=1S/C27H28F4N7O4P/c1-4-41-43(40,42-5-2)16-24(39)34-19-10-11-22(28)23(12-19)36-25-21(17-6-8-18(9-7-17)27(29,30)31)14-32-26(37-25)35-20-13-33-38(3)15-20/h6-15H,4-5,16H2,1-3H3,(H,34,39)(H2,32,35,36,37). The van der Waals surface area contributed by atoms with E-state index in [1.807, 2.05) is 0 Å². The summed E-state index contributed by atoms with van der Waals surface area (Å²) in [5.74, 6) is -1.25. The van der Waals surface area contributed by atoms with Crippen LogP contribution < -0.4 is 16.0 Å². The van der Waals surface area contributed by atoms with Gasteiger partial charge < -0.3 is 25.0 Å². The molecule has 0 aliphatic carbocycles. The van der Waals surface area contributed by atoms with Crippen LogP contribution in [0.5, 0.6) is 0 Å². The fourth-order valence-electron chi connectivity index (χ4n) is 3.93. The monoisotopic (exact) mass is 621 g/mol. The van der Waals surface area contributed by atoms with Gasteiger partial charge in [0.15, 0.2) is 0 Å². The molecule has 0 radical (unpaired) electrons. The van der Waals surface area contributed by atoms with Crippen LogP contribution in [0.25, 0.3) is 11.1 Å². The molecule has 0 bridgehead atoms. The van der Waals surface area contributed by atoms with E-state index in [-0.39, 0.29) is 41.9 Å². The number of rotatable bonds is 12. The lowest BCUT2D eigenvalue weighted by Crippen LogP contribution is -2.18. The molecule has 0 unspecified atom stereocenters. The Morgan fingerprint density at radius 1 is 1.00 bits per heavy atom. The summed E-state index contributed by atoms with van der Waals surface area (Å²) >= 11 is 0. The van der Waals surface area contributed by atoms with E-state index in [4.69, 9.17) is 9.05 Å². The minimum Gasteiger partial charge on any atom is -0.337 e. The Morgan fingerprint density at radius 3 is 2.30 bits per heavy atom. The van der Waals surface area contributed by atoms with Crippen LogP contribution in [0, 0.1) is 5.82 Å². The number of benzene rings is 2. The minimum atomic E-state index is -4.53. The van der Waals surface area contributed by atoms with E-state index >= 15 is 0 Å². The van der Waals surface area contributed by atoms with E-state index in [1.54, 1.807) is 31.8 Å². The first-order chi connectivity index (χ1) is 20.4. The summed E-state index contributed by atoms with van der Waals surface area (Å²) in [6, 6.07) is 8.02. The molecule has 0 saturated carbocycles. The van der Waals surface area contributed by atoms with Gasteiger partial charge in [-0.2, -0.15) is 23.3 Å². The van der Waals surface area contributed by atoms with Gasteiger partial charge in [0, 0.05) is 30.7 Å². The van der Waals surface area contributed by atoms with Gasteiger partial charge in [-0.05, 0) is 49.7 Å². The summed E-state index contributed by atoms with van der Waals surface area (Å²) in [6.07, 6.45) is -0.508. The SMILES string of the molecule is CCOP(=O)(CC(=O)Nc1ccc(F)c(Nc2nc(Nc3cnn(C)c3)ncc2-c2ccc(C(F)(F)F)cc2)c1)OCC. The topological polar surface area (TPSA) is 132 Å². The van der Waals surface area contributed by atoms with Crippen LogP contribution in [-0.2, 0) is 31.6 Å². The zero-order chi connectivity index (χ0) is 31.2. The van der Waals surface area contributed by atoms with Crippen molar-refractivity contribution in [2.24, 2.45) is 7.05 Å². The highest BCUT2D eigenvalue weighted by molar-refractivity contribution is 7.54. The zero-order valence-electron chi connectivity index (χ0n) is 23.3. The maximum Gasteiger partial charge on any atom is 0.416 e. The van der Waals surface area contributed by atoms with Crippen molar-refractivity contribution in [2.75, 3.05) is 35.3 Å². The molecule has 2 aromatic heterocycles. The molecule has 4 aromatic rings. The number of hydrogen-bond acceptors (Lipinski definition) is 9. The molecule has 0 fully saturated rings. The maximum atomic E-state index is 15.0. The van der Waals surface area contributed by atoms with E-state index in [0.29, 0.717) is 11.3 Å². The number of nitrogens with zero attached hydrogens (tertiary/aromatic N) is 4. The van der Waals surface area contributed by atoms with Gasteiger partial charge in [-0.15, -0.1) is 0 Å². The maximum absolute atomic E-state index is 15.0. The van der Waals surface area contributed by atoms with E-state index in [2.05, 4.69) is 31.0 Å². The second-order valence-corrected chi connectivity index (χ2v) is 11.1. The molecule has 3 N–H and O–H groups in total. The summed E-state index contributed by atoms with van der Waals surface area (Å²) in [5, 5.41) is 12.4. The van der Waals surface area contributed by atoms with Crippen LogP contribution in [0.2, 0.25) is 0 Å². The second kappa shape index (κ2) is 13.3. The van der Waals surface area contributed by atoms with Gasteiger partial charge in [-0.25, -0.2) is 9.37 Å². The number of hydrogen-bond donors (Lipinski definition) is 3. The third-order valence-electron chi connectivity index (χ3n) is 5.77. The molecule has 2 aromatic carbocycles. The third kappa shape index (κ3) is 8.37. The number of aromatic nitrogens is 4. The van der Waals surface area contributed by atoms with Gasteiger partial charge in [0.05, 0.1) is 36.3 Å². The Balaban J connectivity index is 1.65. The van der Waals surface area contributed by atoms with Crippen molar-refractivity contribution >= 4 is 42.3 Å². The van der Waals surface area contributed by atoms with Crippen LogP contribution in [0.15, 0.2) is 61.1 Å². The van der Waals surface area contributed by atoms with Crippen LogP contribution in [0.3, 0.4) is 0 Å². The van der Waals surface area contributed by atoms with Crippen molar-refractivity contribution in [1.82, 2.24) is 19.7 Å². The number of halogens is 4. The van der Waals surface area contributed by atoms with Crippen LogP contribution >= 0.6 is 7.60 Å². The Kier molecular flexibility index (Phi) is 9.79. The lowest BCUT2D eigenvalue weighted by molar-refractivity contribution is -0.137. The van der Waals surface area contributed by atoms with Crippen molar-refractivity contribution in [2.45, 2.75) is 20.0 Å². The molecule has 0 saturated heterocycles. The summed E-state index contributed by atoms with van der Waals surface area (Å²) in [7, 11) is -1.96. The lowest BCUT2D eigenvalue weighted by atomic mass is 10.1. The normalized spacial score (nSPS) is 11.8. The number of aryl methyl sites for hydroxylation is 1. The third-order valence-corrected chi connectivity index (χ3v) is 7.74. The predicted molar refractivity (Wildman–Crippen MR) is 153 cm³/mol. The quantitative estimate of drug-likeness (QED) is 0.116. The Hall–Kier alpha value is -4.33. The Labute approximate surface area is 244 Å². The van der Waals surface area contributed by atoms with Crippen molar-refractivity contribution in [3.05, 3.63) is 72.4 Å². The largest absolute Gasteiger partial charge is 0.416 e. The molecule has 16 heteroatoms. The fourth-order valence-corrected chi connectivity index (χ4v) is 5.40. The first-order valence-electron chi connectivity index (χ1n) is 12.9. The van der Waals surface area contributed by atoms with Gasteiger partial charge in [0.1, 0.15) is 17.8 Å². The molecule has 0 aliphatic heterocycles. The van der Waals surface area contributed by atoms with Gasteiger partial charge >= 0.3 is 13.8 Å². The molecule has 228 valence electrons. The minimum absolute atomic E-state index is 0.0562. The predicted octanol–water partition coefficient (Wildman–Crippen LogP) is 6.73. The molecule has 2 heterocycles. The number of carbonyl (C=O) groups excluding carboxylic acids is 1. The fraction of sp³-hybridized carbons (Fsp3) is 0.259. The number of anilines is 5. The molecule has 0 spiro atoms. The van der Waals surface area contributed by atoms with Gasteiger partial charge in [0.2, 0.25) is 11.9 Å². The molecule has 1 amide bonds. The molecular formula is C27H28F4N7O4P. The smallest absolute Gasteiger partial charge is 0.337 e. The summed E-state index contributed by atoms with van der Waals surface area (Å²) < 4.78 is 79.0.